The van der Waals surface area contributed by atoms with Gasteiger partial charge in [-0.3, -0.25) is 0 Å². The highest BCUT2D eigenvalue weighted by Crippen LogP contribution is 2.52. The lowest BCUT2D eigenvalue weighted by Crippen LogP contribution is -2.30. The summed E-state index contributed by atoms with van der Waals surface area (Å²) < 4.78 is 0. The summed E-state index contributed by atoms with van der Waals surface area (Å²) in [5.41, 5.74) is 11.1. The maximum Gasteiger partial charge on any atom is 0.0508 e. The van der Waals surface area contributed by atoms with Crippen molar-refractivity contribution >= 4 is 49.6 Å². The third kappa shape index (κ3) is 3.21. The second-order valence-electron chi connectivity index (χ2n) is 11.1. The van der Waals surface area contributed by atoms with Crippen LogP contribution < -0.4 is 4.90 Å². The third-order valence-corrected chi connectivity index (χ3v) is 8.57. The van der Waals surface area contributed by atoms with E-state index in [4.69, 9.17) is 0 Å². The molecular weight excluding hydrogens is 472 g/mol. The molecule has 0 fully saturated rings. The van der Waals surface area contributed by atoms with Gasteiger partial charge in [0, 0.05) is 32.9 Å². The lowest BCUT2D eigenvalue weighted by molar-refractivity contribution is 0.632. The Kier molecular flexibility index (Phi) is 4.60. The SMILES string of the molecule is CC1(C)c2ccccc2N(c2ccccc2)c2cc(-c3ccc4[nH]c5ccc6ccccc6c5c4c3)ccc21. The summed E-state index contributed by atoms with van der Waals surface area (Å²) in [5, 5.41) is 5.12. The molecule has 0 amide bonds. The Morgan fingerprint density at radius 2 is 1.23 bits per heavy atom. The predicted molar refractivity (Wildman–Crippen MR) is 166 cm³/mol. The number of fused-ring (bicyclic) bond motifs is 7. The fourth-order valence-electron chi connectivity index (χ4n) is 6.60. The molecule has 1 aliphatic rings. The molecule has 1 aliphatic heterocycles. The summed E-state index contributed by atoms with van der Waals surface area (Å²) in [6.07, 6.45) is 0. The Hall–Kier alpha value is -4.82. The van der Waals surface area contributed by atoms with Crippen LogP contribution in [0.4, 0.5) is 17.1 Å². The van der Waals surface area contributed by atoms with E-state index in [2.05, 4.69) is 151 Å². The Labute approximate surface area is 228 Å². The number of rotatable bonds is 2. The molecule has 1 aromatic heterocycles. The van der Waals surface area contributed by atoms with Crippen LogP contribution in [0.3, 0.4) is 0 Å². The molecule has 0 saturated heterocycles. The number of nitrogens with zero attached hydrogens (tertiary/aromatic N) is 1. The van der Waals surface area contributed by atoms with Gasteiger partial charge in [0.1, 0.15) is 0 Å². The van der Waals surface area contributed by atoms with Gasteiger partial charge in [-0.25, -0.2) is 0 Å². The van der Waals surface area contributed by atoms with Gasteiger partial charge in [-0.05, 0) is 75.5 Å². The molecule has 0 aliphatic carbocycles. The van der Waals surface area contributed by atoms with Crippen LogP contribution in [-0.4, -0.2) is 4.98 Å². The van der Waals surface area contributed by atoms with Crippen LogP contribution in [0.25, 0.3) is 43.7 Å². The van der Waals surface area contributed by atoms with E-state index in [-0.39, 0.29) is 5.41 Å². The second-order valence-corrected chi connectivity index (χ2v) is 11.1. The summed E-state index contributed by atoms with van der Waals surface area (Å²) in [6, 6.07) is 46.5. The van der Waals surface area contributed by atoms with Crippen molar-refractivity contribution in [3.63, 3.8) is 0 Å². The summed E-state index contributed by atoms with van der Waals surface area (Å²) in [7, 11) is 0. The third-order valence-electron chi connectivity index (χ3n) is 8.57. The molecule has 2 nitrogen and oxygen atoms in total. The number of aromatic amines is 1. The molecule has 1 N–H and O–H groups in total. The van der Waals surface area contributed by atoms with Crippen LogP contribution in [0.1, 0.15) is 25.0 Å². The first-order valence-electron chi connectivity index (χ1n) is 13.6. The molecule has 0 spiro atoms. The monoisotopic (exact) mass is 500 g/mol. The standard InChI is InChI=1S/C37H28N2/c1-37(2)30-14-8-9-15-34(30)39(27-11-4-3-5-12-27)35-23-26(16-19-31(35)37)25-18-20-32-29(22-25)36-28-13-7-6-10-24(28)17-21-33(36)38-32/h3-23,38H,1-2H3. The summed E-state index contributed by atoms with van der Waals surface area (Å²) in [5.74, 6) is 0. The fourth-order valence-corrected chi connectivity index (χ4v) is 6.60. The fraction of sp³-hybridized carbons (Fsp3) is 0.0811. The van der Waals surface area contributed by atoms with E-state index in [9.17, 15) is 0 Å². The zero-order valence-electron chi connectivity index (χ0n) is 22.1. The van der Waals surface area contributed by atoms with Crippen molar-refractivity contribution in [1.29, 1.82) is 0 Å². The molecule has 186 valence electrons. The number of hydrogen-bond acceptors (Lipinski definition) is 1. The van der Waals surface area contributed by atoms with E-state index in [1.165, 1.54) is 71.9 Å². The van der Waals surface area contributed by atoms with Crippen molar-refractivity contribution < 1.29 is 0 Å². The number of nitrogens with one attached hydrogen (secondary N) is 1. The molecule has 0 bridgehead atoms. The highest BCUT2D eigenvalue weighted by Gasteiger charge is 2.36. The number of aromatic nitrogens is 1. The predicted octanol–water partition coefficient (Wildman–Crippen LogP) is 10.3. The highest BCUT2D eigenvalue weighted by molar-refractivity contribution is 6.20. The molecule has 8 rings (SSSR count). The number of para-hydroxylation sites is 2. The van der Waals surface area contributed by atoms with Crippen molar-refractivity contribution in [1.82, 2.24) is 4.98 Å². The quantitative estimate of drug-likeness (QED) is 0.250. The van der Waals surface area contributed by atoms with Gasteiger partial charge in [0.15, 0.2) is 0 Å². The van der Waals surface area contributed by atoms with Gasteiger partial charge in [-0.15, -0.1) is 0 Å². The minimum absolute atomic E-state index is 0.102. The van der Waals surface area contributed by atoms with E-state index in [0.29, 0.717) is 0 Å². The molecule has 6 aromatic carbocycles. The molecule has 2 heterocycles. The van der Waals surface area contributed by atoms with Crippen LogP contribution in [0.2, 0.25) is 0 Å². The summed E-state index contributed by atoms with van der Waals surface area (Å²) in [6.45, 7) is 4.69. The first-order valence-corrected chi connectivity index (χ1v) is 13.6. The van der Waals surface area contributed by atoms with Crippen molar-refractivity contribution in [3.05, 3.63) is 139 Å². The van der Waals surface area contributed by atoms with Gasteiger partial charge in [0.2, 0.25) is 0 Å². The van der Waals surface area contributed by atoms with Crippen LogP contribution in [0.15, 0.2) is 127 Å². The smallest absolute Gasteiger partial charge is 0.0508 e. The number of benzene rings is 6. The molecule has 0 unspecified atom stereocenters. The van der Waals surface area contributed by atoms with Gasteiger partial charge >= 0.3 is 0 Å². The average Bonchev–Trinajstić information content (AvgIpc) is 3.36. The van der Waals surface area contributed by atoms with Crippen molar-refractivity contribution in [2.24, 2.45) is 0 Å². The second kappa shape index (κ2) is 8.09. The van der Waals surface area contributed by atoms with Crippen LogP contribution in [0.5, 0.6) is 0 Å². The first kappa shape index (κ1) is 22.2. The highest BCUT2D eigenvalue weighted by atomic mass is 15.2. The van der Waals surface area contributed by atoms with E-state index in [1.807, 2.05) is 0 Å². The molecule has 0 radical (unpaired) electrons. The van der Waals surface area contributed by atoms with Gasteiger partial charge < -0.3 is 9.88 Å². The van der Waals surface area contributed by atoms with Gasteiger partial charge in [-0.2, -0.15) is 0 Å². The van der Waals surface area contributed by atoms with Crippen molar-refractivity contribution in [2.45, 2.75) is 19.3 Å². The van der Waals surface area contributed by atoms with Crippen LogP contribution >= 0.6 is 0 Å². The van der Waals surface area contributed by atoms with Crippen molar-refractivity contribution in [3.8, 4) is 11.1 Å². The van der Waals surface area contributed by atoms with E-state index in [0.717, 1.165) is 0 Å². The summed E-state index contributed by atoms with van der Waals surface area (Å²) in [4.78, 5) is 6.07. The molecule has 7 aromatic rings. The maximum atomic E-state index is 3.64. The Morgan fingerprint density at radius 1 is 0.538 bits per heavy atom. The van der Waals surface area contributed by atoms with Gasteiger partial charge in [0.25, 0.3) is 0 Å². The minimum atomic E-state index is -0.102. The van der Waals surface area contributed by atoms with Gasteiger partial charge in [-0.1, -0.05) is 98.8 Å². The Morgan fingerprint density at radius 3 is 2.13 bits per heavy atom. The summed E-state index contributed by atoms with van der Waals surface area (Å²) >= 11 is 0. The number of H-pyrrole nitrogens is 1. The zero-order valence-corrected chi connectivity index (χ0v) is 22.1. The molecule has 0 saturated carbocycles. The van der Waals surface area contributed by atoms with Crippen LogP contribution in [-0.2, 0) is 5.41 Å². The first-order chi connectivity index (χ1) is 19.1. The molecular formula is C37H28N2. The maximum absolute atomic E-state index is 3.64. The van der Waals surface area contributed by atoms with Gasteiger partial charge in [0.05, 0.1) is 11.4 Å². The van der Waals surface area contributed by atoms with Crippen LogP contribution in [0, 0.1) is 0 Å². The zero-order chi connectivity index (χ0) is 26.1. The lowest BCUT2D eigenvalue weighted by Gasteiger charge is -2.42. The molecule has 0 atom stereocenters. The Balaban J connectivity index is 1.36. The normalized spacial score (nSPS) is 14.1. The topological polar surface area (TPSA) is 19.0 Å². The average molecular weight is 501 g/mol. The van der Waals surface area contributed by atoms with E-state index in [1.54, 1.807) is 0 Å². The van der Waals surface area contributed by atoms with E-state index < -0.39 is 0 Å². The largest absolute Gasteiger partial charge is 0.354 e. The lowest BCUT2D eigenvalue weighted by atomic mass is 9.73. The van der Waals surface area contributed by atoms with Crippen molar-refractivity contribution in [2.75, 3.05) is 4.90 Å². The minimum Gasteiger partial charge on any atom is -0.354 e. The van der Waals surface area contributed by atoms with E-state index >= 15 is 0 Å². The molecule has 39 heavy (non-hydrogen) atoms. The number of anilines is 3. The Bertz CT molecular complexity index is 2050. The number of hydrogen-bond donors (Lipinski definition) is 1. The molecule has 2 heteroatoms.